The van der Waals surface area contributed by atoms with E-state index in [1.54, 1.807) is 0 Å². The number of alkyl halides is 2. The Morgan fingerprint density at radius 3 is 2.25 bits per heavy atom. The number of halogens is 2. The minimum Gasteiger partial charge on any atom is -0.329 e. The van der Waals surface area contributed by atoms with E-state index < -0.39 is 23.0 Å². The second kappa shape index (κ2) is 4.68. The number of nitrogens with two attached hydrogens (primary N) is 1. The minimum absolute atomic E-state index is 0.0415. The maximum atomic E-state index is 11.8. The van der Waals surface area contributed by atoms with Crippen molar-refractivity contribution in [3.8, 4) is 0 Å². The average molecular weight is 202 g/mol. The first-order valence-electron chi connectivity index (χ1n) is 3.31. The van der Waals surface area contributed by atoms with Gasteiger partial charge in [0.1, 0.15) is 0 Å². The Labute approximate surface area is 70.4 Å². The summed E-state index contributed by atoms with van der Waals surface area (Å²) in [6.45, 7) is -0.807. The molecule has 0 aliphatic heterocycles. The van der Waals surface area contributed by atoms with E-state index in [2.05, 4.69) is 0 Å². The van der Waals surface area contributed by atoms with E-state index in [0.717, 1.165) is 6.26 Å². The molecule has 0 radical (unpaired) electrons. The van der Waals surface area contributed by atoms with Gasteiger partial charge in [-0.05, 0) is 0 Å². The van der Waals surface area contributed by atoms with Crippen molar-refractivity contribution in [2.75, 3.05) is 25.9 Å². The van der Waals surface area contributed by atoms with Crippen LogP contribution in [0.2, 0.25) is 0 Å². The third-order valence-corrected chi connectivity index (χ3v) is 2.46. The molecule has 0 aliphatic carbocycles. The van der Waals surface area contributed by atoms with Crippen LogP contribution in [0, 0.1) is 0 Å². The lowest BCUT2D eigenvalue weighted by Crippen LogP contribution is -2.37. The molecule has 0 unspecified atom stereocenters. The Kier molecular flexibility index (Phi) is 4.58. The Morgan fingerprint density at radius 1 is 1.50 bits per heavy atom. The Balaban J connectivity index is 4.24. The standard InChI is InChI=1S/C5H12F2N2O2S/c1-12(10,11)9(3-2-8)4-5(6)7/h5H,2-4,8H2,1H3. The molecule has 0 saturated heterocycles. The zero-order valence-corrected chi connectivity index (χ0v) is 7.52. The van der Waals surface area contributed by atoms with Crippen molar-refractivity contribution in [2.24, 2.45) is 5.73 Å². The van der Waals surface area contributed by atoms with Crippen molar-refractivity contribution < 1.29 is 17.2 Å². The van der Waals surface area contributed by atoms with Crippen LogP contribution in [0.5, 0.6) is 0 Å². The molecule has 2 N–H and O–H groups in total. The molecule has 7 heteroatoms. The van der Waals surface area contributed by atoms with Gasteiger partial charge in [-0.1, -0.05) is 0 Å². The molecule has 0 aromatic rings. The van der Waals surface area contributed by atoms with Crippen molar-refractivity contribution in [1.82, 2.24) is 4.31 Å². The largest absolute Gasteiger partial charge is 0.329 e. The van der Waals surface area contributed by atoms with Crippen LogP contribution in [0.25, 0.3) is 0 Å². The second-order valence-corrected chi connectivity index (χ2v) is 4.28. The van der Waals surface area contributed by atoms with Crippen LogP contribution in [0.3, 0.4) is 0 Å². The predicted octanol–water partition coefficient (Wildman–Crippen LogP) is -0.528. The molecule has 4 nitrogen and oxygen atoms in total. The summed E-state index contributed by atoms with van der Waals surface area (Å²) in [7, 11) is -3.55. The molecule has 0 spiro atoms. The van der Waals surface area contributed by atoms with Gasteiger partial charge in [0.2, 0.25) is 10.0 Å². The van der Waals surface area contributed by atoms with E-state index in [4.69, 9.17) is 5.73 Å². The lowest BCUT2D eigenvalue weighted by molar-refractivity contribution is 0.121. The minimum atomic E-state index is -3.55. The number of hydrogen-bond donors (Lipinski definition) is 1. The van der Waals surface area contributed by atoms with Gasteiger partial charge < -0.3 is 5.73 Å². The van der Waals surface area contributed by atoms with Crippen LogP contribution in [0.1, 0.15) is 0 Å². The van der Waals surface area contributed by atoms with Crippen molar-refractivity contribution in [3.63, 3.8) is 0 Å². The summed E-state index contributed by atoms with van der Waals surface area (Å²) in [5.74, 6) is 0. The highest BCUT2D eigenvalue weighted by Gasteiger charge is 2.19. The fourth-order valence-electron chi connectivity index (χ4n) is 0.690. The highest BCUT2D eigenvalue weighted by Crippen LogP contribution is 2.02. The summed E-state index contributed by atoms with van der Waals surface area (Å²) >= 11 is 0. The van der Waals surface area contributed by atoms with Crippen LogP contribution >= 0.6 is 0 Å². The van der Waals surface area contributed by atoms with Crippen LogP contribution in [0.4, 0.5) is 8.78 Å². The lowest BCUT2D eigenvalue weighted by Gasteiger charge is -2.17. The number of rotatable bonds is 5. The maximum absolute atomic E-state index is 11.8. The molecule has 74 valence electrons. The molecular formula is C5H12F2N2O2S. The van der Waals surface area contributed by atoms with E-state index in [0.29, 0.717) is 4.31 Å². The van der Waals surface area contributed by atoms with Gasteiger partial charge in [0, 0.05) is 13.1 Å². The fourth-order valence-corrected chi connectivity index (χ4v) is 1.51. The lowest BCUT2D eigenvalue weighted by atomic mass is 10.6. The molecular weight excluding hydrogens is 190 g/mol. The molecule has 0 saturated carbocycles. The monoisotopic (exact) mass is 202 g/mol. The highest BCUT2D eigenvalue weighted by atomic mass is 32.2. The van der Waals surface area contributed by atoms with Gasteiger partial charge in [-0.15, -0.1) is 0 Å². The van der Waals surface area contributed by atoms with Gasteiger partial charge in [0.25, 0.3) is 6.43 Å². The number of hydrogen-bond acceptors (Lipinski definition) is 3. The topological polar surface area (TPSA) is 63.4 Å². The van der Waals surface area contributed by atoms with Crippen LogP contribution < -0.4 is 5.73 Å². The Hall–Kier alpha value is -0.270. The third kappa shape index (κ3) is 4.58. The third-order valence-electron chi connectivity index (χ3n) is 1.19. The van der Waals surface area contributed by atoms with Gasteiger partial charge in [0.05, 0.1) is 12.8 Å². The van der Waals surface area contributed by atoms with Gasteiger partial charge in [-0.2, -0.15) is 4.31 Å². The van der Waals surface area contributed by atoms with Crippen molar-refractivity contribution in [2.45, 2.75) is 6.43 Å². The quantitative estimate of drug-likeness (QED) is 0.652. The molecule has 0 aliphatic rings. The second-order valence-electron chi connectivity index (χ2n) is 2.30. The first kappa shape index (κ1) is 11.7. The SMILES string of the molecule is CS(=O)(=O)N(CCN)CC(F)F. The van der Waals surface area contributed by atoms with Gasteiger partial charge >= 0.3 is 0 Å². The molecule has 0 fully saturated rings. The summed E-state index contributed by atoms with van der Waals surface area (Å²) in [6, 6.07) is 0. The molecule has 0 aromatic carbocycles. The normalized spacial score (nSPS) is 12.8. The van der Waals surface area contributed by atoms with E-state index in [1.807, 2.05) is 0 Å². The summed E-state index contributed by atoms with van der Waals surface area (Å²) in [4.78, 5) is 0. The molecule has 0 amide bonds. The average Bonchev–Trinajstić information content (AvgIpc) is 1.83. The van der Waals surface area contributed by atoms with E-state index >= 15 is 0 Å². The Morgan fingerprint density at radius 2 is 2.00 bits per heavy atom. The van der Waals surface area contributed by atoms with Gasteiger partial charge in [-0.3, -0.25) is 0 Å². The molecule has 12 heavy (non-hydrogen) atoms. The van der Waals surface area contributed by atoms with Crippen LogP contribution in [-0.2, 0) is 10.0 Å². The Bertz CT molecular complexity index is 217. The van der Waals surface area contributed by atoms with Gasteiger partial charge in [0.15, 0.2) is 0 Å². The smallest absolute Gasteiger partial charge is 0.252 e. The molecule has 0 rings (SSSR count). The summed E-state index contributed by atoms with van der Waals surface area (Å²) < 4.78 is 45.8. The number of sulfonamides is 1. The molecule has 0 atom stereocenters. The van der Waals surface area contributed by atoms with Crippen LogP contribution in [-0.4, -0.2) is 45.0 Å². The molecule has 0 heterocycles. The van der Waals surface area contributed by atoms with Crippen molar-refractivity contribution in [3.05, 3.63) is 0 Å². The van der Waals surface area contributed by atoms with Crippen molar-refractivity contribution in [1.29, 1.82) is 0 Å². The van der Waals surface area contributed by atoms with E-state index in [-0.39, 0.29) is 13.1 Å². The fraction of sp³-hybridized carbons (Fsp3) is 1.00. The van der Waals surface area contributed by atoms with Crippen molar-refractivity contribution >= 4 is 10.0 Å². The van der Waals surface area contributed by atoms with E-state index in [1.165, 1.54) is 0 Å². The molecule has 0 bridgehead atoms. The highest BCUT2D eigenvalue weighted by molar-refractivity contribution is 7.88. The first-order valence-corrected chi connectivity index (χ1v) is 5.16. The maximum Gasteiger partial charge on any atom is 0.252 e. The van der Waals surface area contributed by atoms with E-state index in [9.17, 15) is 17.2 Å². The molecule has 0 aromatic heterocycles. The number of nitrogens with zero attached hydrogens (tertiary/aromatic N) is 1. The summed E-state index contributed by atoms with van der Waals surface area (Å²) in [5, 5.41) is 0. The predicted molar refractivity (Wildman–Crippen MR) is 41.5 cm³/mol. The first-order chi connectivity index (χ1) is 5.38. The van der Waals surface area contributed by atoms with Gasteiger partial charge in [-0.25, -0.2) is 17.2 Å². The zero-order valence-electron chi connectivity index (χ0n) is 6.70. The summed E-state index contributed by atoms with van der Waals surface area (Å²) in [6.07, 6.45) is -1.78. The van der Waals surface area contributed by atoms with Crippen LogP contribution in [0.15, 0.2) is 0 Å². The zero-order chi connectivity index (χ0) is 9.78. The summed E-state index contributed by atoms with van der Waals surface area (Å²) in [5.41, 5.74) is 5.05.